The van der Waals surface area contributed by atoms with Crippen LogP contribution in [-0.2, 0) is 0 Å². The van der Waals surface area contributed by atoms with Crippen molar-refractivity contribution in [2.45, 2.75) is 0 Å². The van der Waals surface area contributed by atoms with E-state index in [9.17, 15) is 0 Å². The number of rotatable bonds is 9. The van der Waals surface area contributed by atoms with Gasteiger partial charge >= 0.3 is 0 Å². The molecule has 414 valence electrons. The minimum absolute atomic E-state index is 0.176. The van der Waals surface area contributed by atoms with Gasteiger partial charge in [-0.3, -0.25) is 0 Å². The Morgan fingerprint density at radius 2 is 0.494 bits per heavy atom. The van der Waals surface area contributed by atoms with Gasteiger partial charge in [-0.15, -0.1) is 0 Å². The topological polar surface area (TPSA) is 13.0 Å². The minimum atomic E-state index is -0.176. The Kier molecular flexibility index (Phi) is 11.7. The van der Waals surface area contributed by atoms with Crippen LogP contribution in [0, 0.1) is 0 Å². The fourth-order valence-corrected chi connectivity index (χ4v) is 14.9. The van der Waals surface area contributed by atoms with E-state index >= 15 is 0 Å². The van der Waals surface area contributed by atoms with Gasteiger partial charge in [0.25, 0.3) is 6.71 Å². The van der Waals surface area contributed by atoms with Crippen molar-refractivity contribution in [3.8, 4) is 11.1 Å². The van der Waals surface area contributed by atoms with E-state index in [-0.39, 0.29) is 6.71 Å². The normalized spacial score (nSPS) is 12.4. The van der Waals surface area contributed by atoms with Crippen molar-refractivity contribution in [2.24, 2.45) is 0 Å². The summed E-state index contributed by atoms with van der Waals surface area (Å²) in [6.07, 6.45) is 0. The number of benzene rings is 16. The van der Waals surface area contributed by atoms with Gasteiger partial charge in [0, 0.05) is 68.2 Å². The predicted molar refractivity (Wildman–Crippen MR) is 380 cm³/mol. The maximum atomic E-state index is 2.60. The number of anilines is 12. The number of hydrogen-bond donors (Lipinski definition) is 0. The third kappa shape index (κ3) is 8.09. The fourth-order valence-electron chi connectivity index (χ4n) is 14.9. The molecule has 0 fully saturated rings. The molecule has 4 nitrogen and oxygen atoms in total. The molecule has 0 radical (unpaired) electrons. The molecule has 89 heavy (non-hydrogen) atoms. The Morgan fingerprint density at radius 1 is 0.202 bits per heavy atom. The minimum Gasteiger partial charge on any atom is -0.311 e. The molecule has 16 aromatic carbocycles. The van der Waals surface area contributed by atoms with Crippen LogP contribution >= 0.6 is 0 Å². The van der Waals surface area contributed by atoms with Crippen LogP contribution in [-0.4, -0.2) is 6.71 Å². The summed E-state index contributed by atoms with van der Waals surface area (Å²) in [6.45, 7) is -0.176. The van der Waals surface area contributed by atoms with Gasteiger partial charge in [-0.1, -0.05) is 224 Å². The molecule has 16 aromatic rings. The van der Waals surface area contributed by atoms with Gasteiger partial charge in [0.05, 0.1) is 0 Å². The van der Waals surface area contributed by atoms with Gasteiger partial charge in [-0.25, -0.2) is 0 Å². The Hall–Kier alpha value is -11.7. The maximum absolute atomic E-state index is 2.60. The summed E-state index contributed by atoms with van der Waals surface area (Å²) >= 11 is 0. The van der Waals surface area contributed by atoms with Crippen LogP contribution in [0.5, 0.6) is 0 Å². The van der Waals surface area contributed by atoms with Gasteiger partial charge < -0.3 is 19.6 Å². The lowest BCUT2D eigenvalue weighted by atomic mass is 9.33. The van der Waals surface area contributed by atoms with Crippen molar-refractivity contribution in [2.75, 3.05) is 19.6 Å². The smallest absolute Gasteiger partial charge is 0.252 e. The molecule has 0 aromatic heterocycles. The van der Waals surface area contributed by atoms with Gasteiger partial charge in [0.2, 0.25) is 0 Å². The Morgan fingerprint density at radius 3 is 0.831 bits per heavy atom. The van der Waals surface area contributed by atoms with Crippen molar-refractivity contribution >= 4 is 156 Å². The molecule has 0 spiro atoms. The highest BCUT2D eigenvalue weighted by atomic mass is 15.2. The highest BCUT2D eigenvalue weighted by Gasteiger charge is 2.44. The molecule has 18 rings (SSSR count). The second-order valence-electron chi connectivity index (χ2n) is 23.5. The highest BCUT2D eigenvalue weighted by Crippen LogP contribution is 2.51. The standard InChI is InChI=1S/C84H55BN4/c1-6-24-56(25-7-1)57-50-82-84-83(51-57)89(63-43-47-75-71-39-19-17-35-67(71)69-37-21-23-41-73(69)77(75)53-63)81-55-65(87(60-30-12-4-13-31-60)61-32-14-5-15-33-61)45-49-79(81)85(84)78-48-44-64(86(58-26-8-2-9-27-58)59-28-10-3-11-29-59)54-80(78)88(82)62-42-46-74-70-38-18-16-34-66(70)68-36-20-22-40-72(68)76(74)52-62/h1-55H. The predicted octanol–water partition coefficient (Wildman–Crippen LogP) is 21.3. The van der Waals surface area contributed by atoms with Crippen molar-refractivity contribution in [3.05, 3.63) is 334 Å². The summed E-state index contributed by atoms with van der Waals surface area (Å²) in [5.41, 5.74) is 19.2. The zero-order chi connectivity index (χ0) is 58.5. The molecule has 0 saturated carbocycles. The summed E-state index contributed by atoms with van der Waals surface area (Å²) in [5.74, 6) is 0. The average Bonchev–Trinajstić information content (AvgIpc) is 0.730. The molecule has 0 saturated heterocycles. The molecule has 0 amide bonds. The van der Waals surface area contributed by atoms with Crippen LogP contribution in [0.15, 0.2) is 334 Å². The van der Waals surface area contributed by atoms with E-state index in [1.165, 1.54) is 81.0 Å². The maximum Gasteiger partial charge on any atom is 0.252 e. The Balaban J connectivity index is 0.967. The van der Waals surface area contributed by atoms with Crippen LogP contribution in [0.3, 0.4) is 0 Å². The first-order valence-electron chi connectivity index (χ1n) is 30.8. The Bertz CT molecular complexity index is 5000. The molecule has 5 heteroatoms. The first kappa shape index (κ1) is 50.6. The summed E-state index contributed by atoms with van der Waals surface area (Å²) in [6, 6.07) is 124. The van der Waals surface area contributed by atoms with E-state index in [1.807, 2.05) is 0 Å². The first-order chi connectivity index (χ1) is 44.2. The summed E-state index contributed by atoms with van der Waals surface area (Å²) in [5, 5.41) is 14.9. The van der Waals surface area contributed by atoms with E-state index in [0.717, 1.165) is 79.4 Å². The van der Waals surface area contributed by atoms with Crippen molar-refractivity contribution in [1.82, 2.24) is 0 Å². The number of fused-ring (bicyclic) bond motifs is 16. The van der Waals surface area contributed by atoms with Gasteiger partial charge in [0.1, 0.15) is 0 Å². The average molecular weight is 1130 g/mol. The molecule has 2 aliphatic rings. The third-order valence-corrected chi connectivity index (χ3v) is 18.7. The van der Waals surface area contributed by atoms with E-state index in [4.69, 9.17) is 0 Å². The van der Waals surface area contributed by atoms with Crippen molar-refractivity contribution in [3.63, 3.8) is 0 Å². The molecular weight excluding hydrogens is 1080 g/mol. The molecule has 2 heterocycles. The number of nitrogens with zero attached hydrogens (tertiary/aromatic N) is 4. The SMILES string of the molecule is c1ccc(-c2cc3c4c(c2)N(c2ccc5c6ccccc6c6ccccc6c5c2)c2cc(N(c5ccccc5)c5ccccc5)ccc2B4c2ccc(N(c4ccccc4)c4ccccc4)cc2N3c2ccc3c4ccccc4c4ccccc4c3c2)cc1. The van der Waals surface area contributed by atoms with E-state index in [1.54, 1.807) is 0 Å². The molecule has 2 aliphatic heterocycles. The lowest BCUT2D eigenvalue weighted by molar-refractivity contribution is 1.23. The molecule has 0 N–H and O–H groups in total. The zero-order valence-corrected chi connectivity index (χ0v) is 48.6. The lowest BCUT2D eigenvalue weighted by Crippen LogP contribution is -2.61. The van der Waals surface area contributed by atoms with Crippen LogP contribution in [0.1, 0.15) is 0 Å². The van der Waals surface area contributed by atoms with Crippen molar-refractivity contribution in [1.29, 1.82) is 0 Å². The monoisotopic (exact) mass is 1130 g/mol. The first-order valence-corrected chi connectivity index (χ1v) is 30.8. The molecule has 0 bridgehead atoms. The summed E-state index contributed by atoms with van der Waals surface area (Å²) < 4.78 is 0. The molecule has 0 atom stereocenters. The largest absolute Gasteiger partial charge is 0.311 e. The lowest BCUT2D eigenvalue weighted by Gasteiger charge is -2.45. The van der Waals surface area contributed by atoms with Crippen LogP contribution in [0.4, 0.5) is 68.2 Å². The second kappa shape index (κ2) is 20.5. The highest BCUT2D eigenvalue weighted by molar-refractivity contribution is 7.00. The number of hydrogen-bond acceptors (Lipinski definition) is 4. The zero-order valence-electron chi connectivity index (χ0n) is 48.6. The van der Waals surface area contributed by atoms with Gasteiger partial charge in [0.15, 0.2) is 0 Å². The van der Waals surface area contributed by atoms with E-state index < -0.39 is 0 Å². The van der Waals surface area contributed by atoms with Crippen molar-refractivity contribution < 1.29 is 0 Å². The van der Waals surface area contributed by atoms with E-state index in [0.29, 0.717) is 0 Å². The summed E-state index contributed by atoms with van der Waals surface area (Å²) in [4.78, 5) is 10.00. The molecular formula is C84H55BN4. The second-order valence-corrected chi connectivity index (χ2v) is 23.5. The molecule has 0 unspecified atom stereocenters. The van der Waals surface area contributed by atoms with Gasteiger partial charge in [-0.2, -0.15) is 0 Å². The van der Waals surface area contributed by atoms with E-state index in [2.05, 4.69) is 353 Å². The third-order valence-electron chi connectivity index (χ3n) is 18.7. The van der Waals surface area contributed by atoms with Crippen LogP contribution in [0.2, 0.25) is 0 Å². The fraction of sp³-hybridized carbons (Fsp3) is 0. The Labute approximate surface area is 517 Å². The molecule has 0 aliphatic carbocycles. The van der Waals surface area contributed by atoms with Gasteiger partial charge in [-0.05, 0) is 201 Å². The quantitative estimate of drug-likeness (QED) is 0.105. The van der Waals surface area contributed by atoms with Crippen LogP contribution in [0.25, 0.3) is 75.8 Å². The summed E-state index contributed by atoms with van der Waals surface area (Å²) in [7, 11) is 0. The van der Waals surface area contributed by atoms with Crippen LogP contribution < -0.4 is 36.0 Å². The number of para-hydroxylation sites is 4.